The summed E-state index contributed by atoms with van der Waals surface area (Å²) in [5.41, 5.74) is 0. The largest absolute Gasteiger partial charge is 0.324 e. The molecule has 0 saturated heterocycles. The Morgan fingerprint density at radius 2 is 2.50 bits per heavy atom. The van der Waals surface area contributed by atoms with Crippen LogP contribution in [-0.2, 0) is 7.05 Å². The summed E-state index contributed by atoms with van der Waals surface area (Å²) < 4.78 is 2.62. The zero-order valence-electron chi connectivity index (χ0n) is 4.23. The SMILES string of the molecule is Cn1cnc(I)c1Cl. The summed E-state index contributed by atoms with van der Waals surface area (Å²) >= 11 is 7.77. The second-order valence-corrected chi connectivity index (χ2v) is 2.82. The number of aromatic nitrogens is 2. The molecule has 1 aromatic rings. The fraction of sp³-hybridized carbons (Fsp3) is 0.250. The lowest BCUT2D eigenvalue weighted by molar-refractivity contribution is 0.914. The van der Waals surface area contributed by atoms with Gasteiger partial charge in [-0.2, -0.15) is 0 Å². The minimum atomic E-state index is 0.700. The fourth-order valence-electron chi connectivity index (χ4n) is 0.387. The van der Waals surface area contributed by atoms with Crippen LogP contribution in [0.2, 0.25) is 5.15 Å². The molecule has 0 spiro atoms. The standard InChI is InChI=1S/C4H4ClIN2/c1-8-2-7-4(6)3(8)5/h2H,1H3. The molecule has 0 aliphatic rings. The van der Waals surface area contributed by atoms with E-state index in [9.17, 15) is 0 Å². The van der Waals surface area contributed by atoms with E-state index in [0.29, 0.717) is 5.15 Å². The van der Waals surface area contributed by atoms with Crippen LogP contribution in [0.3, 0.4) is 0 Å². The molecule has 0 amide bonds. The van der Waals surface area contributed by atoms with Crippen molar-refractivity contribution in [2.45, 2.75) is 0 Å². The van der Waals surface area contributed by atoms with E-state index in [1.165, 1.54) is 0 Å². The predicted octanol–water partition coefficient (Wildman–Crippen LogP) is 1.68. The van der Waals surface area contributed by atoms with Gasteiger partial charge in [0.25, 0.3) is 0 Å². The topological polar surface area (TPSA) is 17.8 Å². The van der Waals surface area contributed by atoms with Crippen molar-refractivity contribution in [1.29, 1.82) is 0 Å². The maximum Gasteiger partial charge on any atom is 0.142 e. The van der Waals surface area contributed by atoms with Gasteiger partial charge in [0.15, 0.2) is 0 Å². The average Bonchev–Trinajstić information content (AvgIpc) is 1.98. The lowest BCUT2D eigenvalue weighted by atomic mass is 10.9. The zero-order valence-corrected chi connectivity index (χ0v) is 7.14. The van der Waals surface area contributed by atoms with E-state index in [4.69, 9.17) is 11.6 Å². The van der Waals surface area contributed by atoms with Crippen LogP contribution in [0.5, 0.6) is 0 Å². The lowest BCUT2D eigenvalue weighted by Crippen LogP contribution is -1.82. The lowest BCUT2D eigenvalue weighted by Gasteiger charge is -1.86. The zero-order chi connectivity index (χ0) is 6.15. The first-order valence-electron chi connectivity index (χ1n) is 2.04. The smallest absolute Gasteiger partial charge is 0.142 e. The Balaban J connectivity index is 3.19. The summed E-state index contributed by atoms with van der Waals surface area (Å²) in [7, 11) is 1.86. The molecule has 1 heterocycles. The van der Waals surface area contributed by atoms with Crippen molar-refractivity contribution in [3.63, 3.8) is 0 Å². The average molecular weight is 242 g/mol. The van der Waals surface area contributed by atoms with Crippen molar-refractivity contribution >= 4 is 34.2 Å². The van der Waals surface area contributed by atoms with Crippen molar-refractivity contribution < 1.29 is 0 Å². The summed E-state index contributed by atoms with van der Waals surface area (Å²) in [6, 6.07) is 0. The maximum atomic E-state index is 5.69. The molecular weight excluding hydrogens is 238 g/mol. The second kappa shape index (κ2) is 2.23. The van der Waals surface area contributed by atoms with E-state index in [2.05, 4.69) is 27.6 Å². The molecule has 0 radical (unpaired) electrons. The van der Waals surface area contributed by atoms with Gasteiger partial charge in [-0.25, -0.2) is 4.98 Å². The molecule has 2 nitrogen and oxygen atoms in total. The third kappa shape index (κ3) is 0.974. The highest BCUT2D eigenvalue weighted by Crippen LogP contribution is 2.13. The van der Waals surface area contributed by atoms with Gasteiger partial charge in [-0.1, -0.05) is 11.6 Å². The van der Waals surface area contributed by atoms with Crippen molar-refractivity contribution in [1.82, 2.24) is 9.55 Å². The molecule has 0 aromatic carbocycles. The molecule has 44 valence electrons. The molecule has 0 unspecified atom stereocenters. The monoisotopic (exact) mass is 242 g/mol. The number of hydrogen-bond acceptors (Lipinski definition) is 1. The molecule has 0 N–H and O–H groups in total. The van der Waals surface area contributed by atoms with E-state index in [1.807, 2.05) is 7.05 Å². The van der Waals surface area contributed by atoms with E-state index < -0.39 is 0 Å². The Labute approximate surface area is 66.0 Å². The van der Waals surface area contributed by atoms with Crippen LogP contribution in [0.25, 0.3) is 0 Å². The highest BCUT2D eigenvalue weighted by atomic mass is 127. The van der Waals surface area contributed by atoms with Gasteiger partial charge in [-0.3, -0.25) is 0 Å². The molecule has 0 fully saturated rings. The molecule has 1 rings (SSSR count). The Morgan fingerprint density at radius 3 is 2.62 bits per heavy atom. The summed E-state index contributed by atoms with van der Waals surface area (Å²) in [4.78, 5) is 3.93. The normalized spacial score (nSPS) is 9.88. The van der Waals surface area contributed by atoms with Crippen molar-refractivity contribution in [3.05, 3.63) is 15.2 Å². The van der Waals surface area contributed by atoms with Crippen LogP contribution in [0.15, 0.2) is 6.33 Å². The molecule has 4 heteroatoms. The highest BCUT2D eigenvalue weighted by Gasteiger charge is 1.98. The summed E-state index contributed by atoms with van der Waals surface area (Å²) in [6.07, 6.45) is 1.68. The Morgan fingerprint density at radius 1 is 1.88 bits per heavy atom. The molecular formula is C4H4ClIN2. The molecule has 1 aromatic heterocycles. The third-order valence-corrected chi connectivity index (χ3v) is 2.38. The Bertz CT molecular complexity index is 176. The van der Waals surface area contributed by atoms with Gasteiger partial charge < -0.3 is 4.57 Å². The van der Waals surface area contributed by atoms with Crippen molar-refractivity contribution in [2.75, 3.05) is 0 Å². The van der Waals surface area contributed by atoms with E-state index >= 15 is 0 Å². The summed E-state index contributed by atoms with van der Waals surface area (Å²) in [5.74, 6) is 0. The molecule has 0 saturated carbocycles. The summed E-state index contributed by atoms with van der Waals surface area (Å²) in [6.45, 7) is 0. The van der Waals surface area contributed by atoms with Crippen LogP contribution in [-0.4, -0.2) is 9.55 Å². The minimum Gasteiger partial charge on any atom is -0.324 e. The first kappa shape index (κ1) is 6.35. The van der Waals surface area contributed by atoms with Crippen molar-refractivity contribution in [3.8, 4) is 0 Å². The molecule has 0 aliphatic carbocycles. The predicted molar refractivity (Wildman–Crippen MR) is 40.9 cm³/mol. The second-order valence-electron chi connectivity index (χ2n) is 1.44. The van der Waals surface area contributed by atoms with Crippen LogP contribution in [0, 0.1) is 3.70 Å². The third-order valence-electron chi connectivity index (χ3n) is 0.824. The van der Waals surface area contributed by atoms with Crippen LogP contribution < -0.4 is 0 Å². The van der Waals surface area contributed by atoms with Gasteiger partial charge in [-0.05, 0) is 22.6 Å². The molecule has 0 atom stereocenters. The number of rotatable bonds is 0. The Hall–Kier alpha value is 0.230. The molecule has 0 aliphatic heterocycles. The van der Waals surface area contributed by atoms with Gasteiger partial charge in [0.05, 0.1) is 6.33 Å². The number of nitrogens with zero attached hydrogens (tertiary/aromatic N) is 2. The van der Waals surface area contributed by atoms with E-state index in [1.54, 1.807) is 10.9 Å². The quantitative estimate of drug-likeness (QED) is 0.633. The van der Waals surface area contributed by atoms with Crippen LogP contribution in [0.1, 0.15) is 0 Å². The van der Waals surface area contributed by atoms with Crippen molar-refractivity contribution in [2.24, 2.45) is 7.05 Å². The maximum absolute atomic E-state index is 5.69. The van der Waals surface area contributed by atoms with Gasteiger partial charge >= 0.3 is 0 Å². The number of hydrogen-bond donors (Lipinski definition) is 0. The number of imidazole rings is 1. The van der Waals surface area contributed by atoms with E-state index in [-0.39, 0.29) is 0 Å². The Kier molecular flexibility index (Phi) is 1.77. The van der Waals surface area contributed by atoms with Gasteiger partial charge in [0, 0.05) is 7.05 Å². The van der Waals surface area contributed by atoms with Gasteiger partial charge in [0.2, 0.25) is 0 Å². The highest BCUT2D eigenvalue weighted by molar-refractivity contribution is 14.1. The van der Waals surface area contributed by atoms with E-state index in [0.717, 1.165) is 3.70 Å². The van der Waals surface area contributed by atoms with Gasteiger partial charge in [-0.15, -0.1) is 0 Å². The summed E-state index contributed by atoms with van der Waals surface area (Å²) in [5, 5.41) is 0.700. The van der Waals surface area contributed by atoms with Crippen LogP contribution >= 0.6 is 34.2 Å². The number of aryl methyl sites for hydroxylation is 1. The minimum absolute atomic E-state index is 0.700. The molecule has 0 bridgehead atoms. The van der Waals surface area contributed by atoms with Crippen LogP contribution in [0.4, 0.5) is 0 Å². The first-order valence-corrected chi connectivity index (χ1v) is 3.50. The van der Waals surface area contributed by atoms with Gasteiger partial charge in [0.1, 0.15) is 8.85 Å². The fourth-order valence-corrected chi connectivity index (χ4v) is 0.984. The molecule has 8 heavy (non-hydrogen) atoms. The number of halogens is 2. The first-order chi connectivity index (χ1) is 3.72.